The van der Waals surface area contributed by atoms with Gasteiger partial charge in [-0.2, -0.15) is 0 Å². The number of fused-ring (bicyclic) bond motifs is 4. The van der Waals surface area contributed by atoms with Gasteiger partial charge in [0, 0.05) is 43.3 Å². The highest BCUT2D eigenvalue weighted by Crippen LogP contribution is 2.44. The zero-order valence-electron chi connectivity index (χ0n) is 25.7. The van der Waals surface area contributed by atoms with Crippen LogP contribution in [-0.4, -0.2) is 60.5 Å². The number of para-hydroxylation sites is 1. The number of hydrogen-bond acceptors (Lipinski definition) is 7. The lowest BCUT2D eigenvalue weighted by atomic mass is 10.0. The zero-order chi connectivity index (χ0) is 31.0. The molecule has 230 valence electrons. The van der Waals surface area contributed by atoms with E-state index in [2.05, 4.69) is 48.4 Å². The zero-order valence-corrected chi connectivity index (χ0v) is 25.7. The molecule has 2 aromatic carbocycles. The van der Waals surface area contributed by atoms with Gasteiger partial charge in [0.1, 0.15) is 17.1 Å². The Bertz CT molecular complexity index is 2010. The van der Waals surface area contributed by atoms with E-state index in [-0.39, 0.29) is 11.7 Å². The Morgan fingerprint density at radius 2 is 1.91 bits per heavy atom. The van der Waals surface area contributed by atoms with E-state index in [4.69, 9.17) is 15.5 Å². The number of carbonyl (C=O) groups excluding carboxylic acids is 2. The van der Waals surface area contributed by atoms with E-state index in [0.717, 1.165) is 58.7 Å². The van der Waals surface area contributed by atoms with Crippen LogP contribution < -0.4 is 15.8 Å². The number of ether oxygens (including phenoxy) is 1. The molecule has 3 N–H and O–H groups in total. The minimum atomic E-state index is -0.680. The fourth-order valence-corrected chi connectivity index (χ4v) is 7.57. The number of likely N-dealkylation sites (tertiary alicyclic amines) is 1. The number of primary amides is 1. The molecule has 3 aromatic heterocycles. The van der Waals surface area contributed by atoms with E-state index < -0.39 is 5.91 Å². The van der Waals surface area contributed by atoms with Gasteiger partial charge in [-0.3, -0.25) is 9.59 Å². The third kappa shape index (κ3) is 4.51. The van der Waals surface area contributed by atoms with Crippen LogP contribution >= 0.6 is 0 Å². The van der Waals surface area contributed by atoms with Crippen molar-refractivity contribution in [3.05, 3.63) is 60.0 Å². The van der Waals surface area contributed by atoms with E-state index in [1.165, 1.54) is 25.5 Å². The van der Waals surface area contributed by atoms with Crippen LogP contribution in [0.1, 0.15) is 53.6 Å². The van der Waals surface area contributed by atoms with Crippen LogP contribution in [0.15, 0.2) is 48.7 Å². The molecule has 8 rings (SSSR count). The molecule has 4 heterocycles. The molecule has 45 heavy (non-hydrogen) atoms. The molecule has 1 saturated heterocycles. The van der Waals surface area contributed by atoms with Crippen molar-refractivity contribution in [2.75, 3.05) is 19.0 Å². The predicted molar refractivity (Wildman–Crippen MR) is 171 cm³/mol. The minimum absolute atomic E-state index is 0.0422. The summed E-state index contributed by atoms with van der Waals surface area (Å²) in [5.74, 6) is 2.98. The maximum Gasteiger partial charge on any atom is 0.286 e. The summed E-state index contributed by atoms with van der Waals surface area (Å²) >= 11 is 0. The summed E-state index contributed by atoms with van der Waals surface area (Å²) in [6.07, 6.45) is 6.17. The van der Waals surface area contributed by atoms with Crippen molar-refractivity contribution < 1.29 is 14.3 Å². The average molecular weight is 605 g/mol. The highest BCUT2D eigenvalue weighted by Gasteiger charge is 2.46. The molecule has 0 spiro atoms. The number of aromatic nitrogens is 5. The number of imidazole rings is 1. The van der Waals surface area contributed by atoms with Gasteiger partial charge in [-0.05, 0) is 73.8 Å². The summed E-state index contributed by atoms with van der Waals surface area (Å²) in [5, 5.41) is 4.44. The standard InChI is InChI=1S/C34H36N8O3/c1-18-21-9-10-25(18)42(17-21)34(44)22-13-24-30(27(15-22)45-3)40(2)33(38-24)26-14-20-5-4-6-23(29(20)41(26)16-19-7-8-19)37-28-11-12-36-32(39-28)31(35)43/h4-6,11-15,18-19,21,25H,7-10,16-17H2,1-3H3,(H2,35,43)(H,36,37,39)/t18-,21?,25?/m1/s1. The largest absolute Gasteiger partial charge is 0.494 e. The van der Waals surface area contributed by atoms with Crippen LogP contribution in [0, 0.1) is 17.8 Å². The molecule has 2 amide bonds. The molecule has 2 bridgehead atoms. The molecule has 0 radical (unpaired) electrons. The van der Waals surface area contributed by atoms with Crippen molar-refractivity contribution in [3.8, 4) is 17.3 Å². The second-order valence-corrected chi connectivity index (χ2v) is 12.8. The number of anilines is 2. The van der Waals surface area contributed by atoms with E-state index in [9.17, 15) is 9.59 Å². The molecule has 5 aromatic rings. The SMILES string of the molecule is COc1cc(C(=O)N2CC3CCC2[C@@H]3C)cc2nc(-c3cc4cccc(Nc5ccnc(C(N)=O)n5)c4n3CC3CC3)n(C)c12. The van der Waals surface area contributed by atoms with Crippen LogP contribution in [0.2, 0.25) is 0 Å². The van der Waals surface area contributed by atoms with Crippen LogP contribution in [0.25, 0.3) is 33.5 Å². The Hall–Kier alpha value is -4.93. The van der Waals surface area contributed by atoms with Crippen molar-refractivity contribution in [2.45, 2.75) is 45.2 Å². The second kappa shape index (κ2) is 10.3. The highest BCUT2D eigenvalue weighted by atomic mass is 16.5. The molecular formula is C34H36N8O3. The van der Waals surface area contributed by atoms with Gasteiger partial charge in [0.2, 0.25) is 5.82 Å². The lowest BCUT2D eigenvalue weighted by molar-refractivity contribution is 0.0695. The summed E-state index contributed by atoms with van der Waals surface area (Å²) in [6, 6.07) is 14.1. The number of benzene rings is 2. The number of carbonyl (C=O) groups is 2. The van der Waals surface area contributed by atoms with Gasteiger partial charge >= 0.3 is 0 Å². The molecule has 2 aliphatic carbocycles. The monoisotopic (exact) mass is 604 g/mol. The van der Waals surface area contributed by atoms with Gasteiger partial charge in [-0.15, -0.1) is 0 Å². The maximum atomic E-state index is 13.8. The van der Waals surface area contributed by atoms with Gasteiger partial charge in [-0.1, -0.05) is 19.1 Å². The summed E-state index contributed by atoms with van der Waals surface area (Å²) in [4.78, 5) is 41.0. The van der Waals surface area contributed by atoms with E-state index in [1.807, 2.05) is 31.3 Å². The van der Waals surface area contributed by atoms with Gasteiger partial charge in [0.05, 0.1) is 29.5 Å². The van der Waals surface area contributed by atoms with Crippen molar-refractivity contribution in [2.24, 2.45) is 30.5 Å². The van der Waals surface area contributed by atoms with Crippen LogP contribution in [-0.2, 0) is 13.6 Å². The fraction of sp³-hybridized carbons (Fsp3) is 0.382. The summed E-state index contributed by atoms with van der Waals surface area (Å²) in [5.41, 5.74) is 10.5. The Morgan fingerprint density at radius 3 is 2.62 bits per heavy atom. The number of piperidine rings is 1. The number of aryl methyl sites for hydroxylation is 1. The number of amides is 2. The van der Waals surface area contributed by atoms with Crippen molar-refractivity contribution in [3.63, 3.8) is 0 Å². The van der Waals surface area contributed by atoms with Gasteiger partial charge in [0.15, 0.2) is 5.82 Å². The van der Waals surface area contributed by atoms with Crippen LogP contribution in [0.3, 0.4) is 0 Å². The third-order valence-electron chi connectivity index (χ3n) is 10.1. The Labute approximate surface area is 260 Å². The second-order valence-electron chi connectivity index (χ2n) is 12.8. The smallest absolute Gasteiger partial charge is 0.286 e. The summed E-state index contributed by atoms with van der Waals surface area (Å²) in [7, 11) is 3.65. The average Bonchev–Trinajstić information content (AvgIpc) is 3.42. The first-order valence-electron chi connectivity index (χ1n) is 15.7. The summed E-state index contributed by atoms with van der Waals surface area (Å²) in [6.45, 7) is 3.95. The number of rotatable bonds is 8. The van der Waals surface area contributed by atoms with Crippen LogP contribution in [0.5, 0.6) is 5.75 Å². The van der Waals surface area contributed by atoms with E-state index >= 15 is 0 Å². The lowest BCUT2D eigenvalue weighted by Crippen LogP contribution is -2.38. The molecule has 1 aliphatic heterocycles. The van der Waals surface area contributed by atoms with Gasteiger partial charge in [-0.25, -0.2) is 15.0 Å². The Kier molecular flexibility index (Phi) is 6.33. The van der Waals surface area contributed by atoms with Crippen molar-refractivity contribution in [1.82, 2.24) is 29.0 Å². The number of hydrogen-bond donors (Lipinski definition) is 2. The molecule has 3 aliphatic rings. The molecule has 3 atom stereocenters. The molecule has 11 nitrogen and oxygen atoms in total. The quantitative estimate of drug-likeness (QED) is 0.251. The first-order valence-corrected chi connectivity index (χ1v) is 15.7. The maximum absolute atomic E-state index is 13.8. The Morgan fingerprint density at radius 1 is 1.07 bits per heavy atom. The first kappa shape index (κ1) is 27.6. The first-order chi connectivity index (χ1) is 21.8. The molecular weight excluding hydrogens is 568 g/mol. The molecule has 2 unspecified atom stereocenters. The Balaban J connectivity index is 1.23. The van der Waals surface area contributed by atoms with Crippen molar-refractivity contribution in [1.29, 1.82) is 0 Å². The normalized spacial score (nSPS) is 20.8. The lowest BCUT2D eigenvalue weighted by Gasteiger charge is -2.27. The summed E-state index contributed by atoms with van der Waals surface area (Å²) < 4.78 is 10.3. The number of nitrogens with zero attached hydrogens (tertiary/aromatic N) is 6. The topological polar surface area (TPSA) is 133 Å². The van der Waals surface area contributed by atoms with Crippen LogP contribution in [0.4, 0.5) is 11.5 Å². The molecule has 11 heteroatoms. The molecule has 3 fully saturated rings. The number of nitrogens with two attached hydrogens (primary N) is 1. The van der Waals surface area contributed by atoms with E-state index in [1.54, 1.807) is 13.2 Å². The number of methoxy groups -OCH3 is 1. The van der Waals surface area contributed by atoms with E-state index in [0.29, 0.717) is 40.9 Å². The third-order valence-corrected chi connectivity index (χ3v) is 10.1. The van der Waals surface area contributed by atoms with Gasteiger partial charge < -0.3 is 29.8 Å². The predicted octanol–water partition coefficient (Wildman–Crippen LogP) is 5.12. The van der Waals surface area contributed by atoms with Gasteiger partial charge in [0.25, 0.3) is 11.8 Å². The molecule has 2 saturated carbocycles. The van der Waals surface area contributed by atoms with Crippen molar-refractivity contribution >= 4 is 45.3 Å². The fourth-order valence-electron chi connectivity index (χ4n) is 7.57. The number of nitrogens with one attached hydrogen (secondary N) is 1. The highest BCUT2D eigenvalue weighted by molar-refractivity contribution is 6.01. The minimum Gasteiger partial charge on any atom is -0.494 e.